The first-order valence-electron chi connectivity index (χ1n) is 10.9. The van der Waals surface area contributed by atoms with E-state index < -0.39 is 0 Å². The van der Waals surface area contributed by atoms with Gasteiger partial charge in [0.15, 0.2) is 0 Å². The summed E-state index contributed by atoms with van der Waals surface area (Å²) in [6.07, 6.45) is 0.0383. The Morgan fingerprint density at radius 1 is 1.03 bits per heavy atom. The molecule has 0 amide bonds. The molecule has 0 spiro atoms. The maximum Gasteiger partial charge on any atom is 0.121 e. The monoisotopic (exact) mass is 429 g/mol. The molecule has 4 aromatic rings. The largest absolute Gasteiger partial charge is 0.497 e. The van der Waals surface area contributed by atoms with E-state index in [9.17, 15) is 0 Å². The Morgan fingerprint density at radius 3 is 2.66 bits per heavy atom. The average Bonchev–Trinajstić information content (AvgIpc) is 3.25. The highest BCUT2D eigenvalue weighted by Gasteiger charge is 2.23. The quantitative estimate of drug-likeness (QED) is 0.461. The van der Waals surface area contributed by atoms with Crippen molar-refractivity contribution in [2.45, 2.75) is 19.3 Å². The summed E-state index contributed by atoms with van der Waals surface area (Å²) in [5.74, 6) is 2.64. The van der Waals surface area contributed by atoms with Crippen LogP contribution in [-0.2, 0) is 17.9 Å². The van der Waals surface area contributed by atoms with Gasteiger partial charge in [-0.05, 0) is 35.4 Å². The standard InChI is InChI=1S/C26H27N3O3/c1-30-22-11-12-23-24(15-22)28-26(27-23)17-29-13-14-31-25(16-29)20-7-9-21(10-8-20)32-18-19-5-3-2-4-6-19/h2-12,15,25H,13-14,16-18H2,1H3,(H,27,28). The molecule has 0 aliphatic carbocycles. The number of morpholine rings is 1. The number of nitrogens with one attached hydrogen (secondary N) is 1. The van der Waals surface area contributed by atoms with Crippen LogP contribution in [0.2, 0.25) is 0 Å². The number of aromatic nitrogens is 2. The number of fused-ring (bicyclic) bond motifs is 1. The van der Waals surface area contributed by atoms with Gasteiger partial charge in [-0.25, -0.2) is 4.98 Å². The van der Waals surface area contributed by atoms with Crippen molar-refractivity contribution < 1.29 is 14.2 Å². The predicted octanol–water partition coefficient (Wildman–Crippen LogP) is 4.72. The van der Waals surface area contributed by atoms with Gasteiger partial charge < -0.3 is 19.2 Å². The molecule has 1 N–H and O–H groups in total. The van der Waals surface area contributed by atoms with Gasteiger partial charge in [-0.3, -0.25) is 4.90 Å². The van der Waals surface area contributed by atoms with Crippen molar-refractivity contribution in [2.24, 2.45) is 0 Å². The molecule has 164 valence electrons. The summed E-state index contributed by atoms with van der Waals surface area (Å²) in [5, 5.41) is 0. The summed E-state index contributed by atoms with van der Waals surface area (Å²) >= 11 is 0. The minimum atomic E-state index is 0.0383. The zero-order valence-electron chi connectivity index (χ0n) is 18.2. The van der Waals surface area contributed by atoms with E-state index in [-0.39, 0.29) is 6.10 Å². The molecule has 1 unspecified atom stereocenters. The summed E-state index contributed by atoms with van der Waals surface area (Å²) in [6, 6.07) is 24.3. The maximum absolute atomic E-state index is 6.06. The van der Waals surface area contributed by atoms with Crippen molar-refractivity contribution in [3.63, 3.8) is 0 Å². The lowest BCUT2D eigenvalue weighted by Gasteiger charge is -2.32. The van der Waals surface area contributed by atoms with E-state index in [0.29, 0.717) is 13.2 Å². The highest BCUT2D eigenvalue weighted by molar-refractivity contribution is 5.76. The number of rotatable bonds is 7. The Balaban J connectivity index is 1.20. The van der Waals surface area contributed by atoms with Crippen molar-refractivity contribution >= 4 is 11.0 Å². The zero-order chi connectivity index (χ0) is 21.8. The first-order valence-corrected chi connectivity index (χ1v) is 10.9. The number of nitrogens with zero attached hydrogens (tertiary/aromatic N) is 2. The zero-order valence-corrected chi connectivity index (χ0v) is 18.2. The minimum absolute atomic E-state index is 0.0383. The molecule has 1 atom stereocenters. The Kier molecular flexibility index (Phi) is 6.05. The molecule has 1 aliphatic heterocycles. The second kappa shape index (κ2) is 9.42. The second-order valence-corrected chi connectivity index (χ2v) is 8.00. The number of hydrogen-bond acceptors (Lipinski definition) is 5. The minimum Gasteiger partial charge on any atom is -0.497 e. The van der Waals surface area contributed by atoms with Crippen LogP contribution in [0.5, 0.6) is 11.5 Å². The molecule has 32 heavy (non-hydrogen) atoms. The van der Waals surface area contributed by atoms with E-state index >= 15 is 0 Å². The topological polar surface area (TPSA) is 59.6 Å². The first-order chi connectivity index (χ1) is 15.8. The van der Waals surface area contributed by atoms with E-state index in [1.165, 1.54) is 0 Å². The average molecular weight is 430 g/mol. The third-order valence-electron chi connectivity index (χ3n) is 5.76. The Hall–Kier alpha value is -3.35. The maximum atomic E-state index is 6.06. The number of imidazole rings is 1. The highest BCUT2D eigenvalue weighted by Crippen LogP contribution is 2.26. The third-order valence-corrected chi connectivity index (χ3v) is 5.76. The van der Waals surface area contributed by atoms with Crippen LogP contribution in [0.15, 0.2) is 72.8 Å². The molecule has 1 fully saturated rings. The van der Waals surface area contributed by atoms with Gasteiger partial charge in [0, 0.05) is 19.2 Å². The van der Waals surface area contributed by atoms with Gasteiger partial charge in [-0.1, -0.05) is 42.5 Å². The summed E-state index contributed by atoms with van der Waals surface area (Å²) in [4.78, 5) is 10.5. The molecule has 1 aliphatic rings. The van der Waals surface area contributed by atoms with Crippen molar-refractivity contribution in [1.29, 1.82) is 0 Å². The van der Waals surface area contributed by atoms with Gasteiger partial charge in [0.25, 0.3) is 0 Å². The number of ether oxygens (including phenoxy) is 3. The van der Waals surface area contributed by atoms with Crippen LogP contribution >= 0.6 is 0 Å². The number of aromatic amines is 1. The van der Waals surface area contributed by atoms with E-state index in [4.69, 9.17) is 19.2 Å². The van der Waals surface area contributed by atoms with Gasteiger partial charge in [0.05, 0.1) is 37.4 Å². The van der Waals surface area contributed by atoms with Crippen molar-refractivity contribution in [3.8, 4) is 11.5 Å². The van der Waals surface area contributed by atoms with E-state index in [1.807, 2.05) is 48.5 Å². The fraction of sp³-hybridized carbons (Fsp3) is 0.269. The summed E-state index contributed by atoms with van der Waals surface area (Å²) < 4.78 is 17.3. The molecular formula is C26H27N3O3. The van der Waals surface area contributed by atoms with Crippen LogP contribution in [0.25, 0.3) is 11.0 Å². The molecule has 0 saturated carbocycles. The van der Waals surface area contributed by atoms with Crippen LogP contribution in [-0.4, -0.2) is 41.7 Å². The van der Waals surface area contributed by atoms with Gasteiger partial charge in [0.1, 0.15) is 23.9 Å². The first kappa shape index (κ1) is 20.5. The summed E-state index contributed by atoms with van der Waals surface area (Å²) in [7, 11) is 1.67. The van der Waals surface area contributed by atoms with Crippen LogP contribution in [0.4, 0.5) is 0 Å². The number of H-pyrrole nitrogens is 1. The van der Waals surface area contributed by atoms with Crippen molar-refractivity contribution in [3.05, 3.63) is 89.7 Å². The van der Waals surface area contributed by atoms with Gasteiger partial charge in [-0.2, -0.15) is 0 Å². The lowest BCUT2D eigenvalue weighted by molar-refractivity contribution is -0.0336. The Bertz CT molecular complexity index is 1160. The Morgan fingerprint density at radius 2 is 1.84 bits per heavy atom. The molecule has 5 rings (SSSR count). The van der Waals surface area contributed by atoms with E-state index in [0.717, 1.165) is 59.1 Å². The second-order valence-electron chi connectivity index (χ2n) is 8.00. The van der Waals surface area contributed by atoms with Crippen LogP contribution in [0.3, 0.4) is 0 Å². The number of benzene rings is 3. The summed E-state index contributed by atoms with van der Waals surface area (Å²) in [5.41, 5.74) is 4.27. The number of hydrogen-bond donors (Lipinski definition) is 1. The Labute approximate surface area is 187 Å². The molecule has 1 aromatic heterocycles. The van der Waals surface area contributed by atoms with Gasteiger partial charge in [-0.15, -0.1) is 0 Å². The fourth-order valence-electron chi connectivity index (χ4n) is 4.02. The normalized spacial score (nSPS) is 16.8. The van der Waals surface area contributed by atoms with E-state index in [2.05, 4.69) is 34.1 Å². The lowest BCUT2D eigenvalue weighted by atomic mass is 10.1. The molecule has 6 nitrogen and oxygen atoms in total. The van der Waals surface area contributed by atoms with Crippen molar-refractivity contribution in [2.75, 3.05) is 26.8 Å². The van der Waals surface area contributed by atoms with Gasteiger partial charge in [0.2, 0.25) is 0 Å². The molecule has 1 saturated heterocycles. The van der Waals surface area contributed by atoms with Crippen LogP contribution < -0.4 is 9.47 Å². The van der Waals surface area contributed by atoms with Crippen LogP contribution in [0.1, 0.15) is 23.1 Å². The molecule has 6 heteroatoms. The molecule has 2 heterocycles. The van der Waals surface area contributed by atoms with Gasteiger partial charge >= 0.3 is 0 Å². The predicted molar refractivity (Wildman–Crippen MR) is 124 cm³/mol. The van der Waals surface area contributed by atoms with E-state index in [1.54, 1.807) is 7.11 Å². The van der Waals surface area contributed by atoms with Crippen molar-refractivity contribution in [1.82, 2.24) is 14.9 Å². The lowest BCUT2D eigenvalue weighted by Crippen LogP contribution is -2.38. The number of methoxy groups -OCH3 is 1. The fourth-order valence-corrected chi connectivity index (χ4v) is 4.02. The third kappa shape index (κ3) is 4.77. The highest BCUT2D eigenvalue weighted by atomic mass is 16.5. The summed E-state index contributed by atoms with van der Waals surface area (Å²) in [6.45, 7) is 3.73. The SMILES string of the molecule is COc1ccc2[nH]c(CN3CCOC(c4ccc(OCc5ccccc5)cc4)C3)nc2c1. The molecule has 0 bridgehead atoms. The molecular weight excluding hydrogens is 402 g/mol. The molecule has 0 radical (unpaired) electrons. The smallest absolute Gasteiger partial charge is 0.121 e. The molecule has 3 aromatic carbocycles. The van der Waals surface area contributed by atoms with Crippen LogP contribution in [0, 0.1) is 0 Å².